The molecule has 1 N–H and O–H groups in total. The number of aromatic nitrogens is 1. The maximum Gasteiger partial charge on any atom is 0.270 e. The number of phenols is 1. The first-order valence-electron chi connectivity index (χ1n) is 7.93. The summed E-state index contributed by atoms with van der Waals surface area (Å²) < 4.78 is 2.48. The molecule has 1 aromatic heterocycles. The number of carbonyl (C=O) groups excluding carboxylic acids is 1. The lowest BCUT2D eigenvalue weighted by atomic mass is 10.2. The molecular formula is C20H14N2O2S2. The van der Waals surface area contributed by atoms with E-state index < -0.39 is 0 Å². The van der Waals surface area contributed by atoms with Gasteiger partial charge in [0.15, 0.2) is 4.32 Å². The lowest BCUT2D eigenvalue weighted by Crippen LogP contribution is -2.27. The highest BCUT2D eigenvalue weighted by molar-refractivity contribution is 8.27. The van der Waals surface area contributed by atoms with Crippen LogP contribution < -0.4 is 4.90 Å². The molecular weight excluding hydrogens is 364 g/mol. The van der Waals surface area contributed by atoms with Gasteiger partial charge in [0, 0.05) is 17.6 Å². The summed E-state index contributed by atoms with van der Waals surface area (Å²) in [6, 6.07) is 20.2. The Morgan fingerprint density at radius 3 is 2.38 bits per heavy atom. The topological polar surface area (TPSA) is 45.5 Å². The molecule has 1 amide bonds. The molecule has 6 heteroatoms. The molecule has 0 aliphatic carbocycles. The lowest BCUT2D eigenvalue weighted by molar-refractivity contribution is -0.113. The monoisotopic (exact) mass is 378 g/mol. The highest BCUT2D eigenvalue weighted by Gasteiger charge is 2.33. The molecule has 4 rings (SSSR count). The molecule has 128 valence electrons. The molecule has 1 aliphatic heterocycles. The van der Waals surface area contributed by atoms with Crippen LogP contribution in [0.25, 0.3) is 11.8 Å². The molecule has 2 aromatic carbocycles. The highest BCUT2D eigenvalue weighted by Crippen LogP contribution is 2.36. The number of hydrogen-bond acceptors (Lipinski definition) is 4. The predicted molar refractivity (Wildman–Crippen MR) is 110 cm³/mol. The van der Waals surface area contributed by atoms with Crippen LogP contribution >= 0.6 is 24.0 Å². The third-order valence-corrected chi connectivity index (χ3v) is 5.30. The van der Waals surface area contributed by atoms with Gasteiger partial charge in [-0.2, -0.15) is 0 Å². The Morgan fingerprint density at radius 2 is 1.65 bits per heavy atom. The molecule has 2 heterocycles. The number of nitrogens with zero attached hydrogens (tertiary/aromatic N) is 2. The molecule has 1 fully saturated rings. The van der Waals surface area contributed by atoms with Crippen molar-refractivity contribution in [2.45, 2.75) is 0 Å². The van der Waals surface area contributed by atoms with Crippen LogP contribution in [0.15, 0.2) is 77.8 Å². The summed E-state index contributed by atoms with van der Waals surface area (Å²) in [4.78, 5) is 15.0. The number of carbonyl (C=O) groups is 1. The minimum atomic E-state index is -0.121. The molecule has 4 nitrogen and oxygen atoms in total. The molecule has 0 unspecified atom stereocenters. The minimum Gasteiger partial charge on any atom is -0.508 e. The van der Waals surface area contributed by atoms with Crippen LogP contribution in [-0.4, -0.2) is 19.9 Å². The van der Waals surface area contributed by atoms with E-state index in [4.69, 9.17) is 12.2 Å². The average molecular weight is 378 g/mol. The zero-order valence-corrected chi connectivity index (χ0v) is 15.2. The number of benzene rings is 2. The van der Waals surface area contributed by atoms with E-state index in [1.807, 2.05) is 71.4 Å². The number of anilines is 1. The van der Waals surface area contributed by atoms with E-state index in [0.29, 0.717) is 9.23 Å². The normalized spacial score (nSPS) is 15.8. The SMILES string of the molecule is O=C1/C(=C\c2cccn2-c2ccc(O)cc2)SC(=S)N1c1ccccc1. The van der Waals surface area contributed by atoms with Crippen LogP contribution in [0.1, 0.15) is 5.69 Å². The van der Waals surface area contributed by atoms with E-state index in [2.05, 4.69) is 0 Å². The number of aromatic hydroxyl groups is 1. The Bertz CT molecular complexity index is 1010. The van der Waals surface area contributed by atoms with Crippen LogP contribution in [0.5, 0.6) is 5.75 Å². The number of thioether (sulfide) groups is 1. The van der Waals surface area contributed by atoms with Gasteiger partial charge in [0.2, 0.25) is 0 Å². The molecule has 0 saturated carbocycles. The second-order valence-corrected chi connectivity index (χ2v) is 7.35. The van der Waals surface area contributed by atoms with Crippen molar-refractivity contribution >= 4 is 46.0 Å². The van der Waals surface area contributed by atoms with Crippen LogP contribution in [0.4, 0.5) is 5.69 Å². The van der Waals surface area contributed by atoms with Gasteiger partial charge in [-0.3, -0.25) is 9.69 Å². The zero-order valence-electron chi connectivity index (χ0n) is 13.6. The van der Waals surface area contributed by atoms with Gasteiger partial charge in [-0.15, -0.1) is 0 Å². The fourth-order valence-corrected chi connectivity index (χ4v) is 4.05. The van der Waals surface area contributed by atoms with Crippen molar-refractivity contribution in [3.05, 3.63) is 83.5 Å². The van der Waals surface area contributed by atoms with Gasteiger partial charge in [0.05, 0.1) is 10.6 Å². The van der Waals surface area contributed by atoms with Crippen molar-refractivity contribution in [1.82, 2.24) is 4.57 Å². The Labute approximate surface area is 160 Å². The number of thiocarbonyl (C=S) groups is 1. The standard InChI is InChI=1S/C20H14N2O2S2/c23-17-10-8-14(9-11-17)21-12-4-7-16(21)13-18-19(24)22(20(25)26-18)15-5-2-1-3-6-15/h1-13,23H/b18-13+. The predicted octanol–water partition coefficient (Wildman–Crippen LogP) is 4.59. The second kappa shape index (κ2) is 6.82. The van der Waals surface area contributed by atoms with Gasteiger partial charge in [-0.25, -0.2) is 0 Å². The van der Waals surface area contributed by atoms with E-state index in [1.165, 1.54) is 11.8 Å². The van der Waals surface area contributed by atoms with Crippen LogP contribution in [0.2, 0.25) is 0 Å². The molecule has 0 spiro atoms. The smallest absolute Gasteiger partial charge is 0.270 e. The molecule has 26 heavy (non-hydrogen) atoms. The largest absolute Gasteiger partial charge is 0.508 e. The van der Waals surface area contributed by atoms with Gasteiger partial charge in [0.1, 0.15) is 5.75 Å². The Morgan fingerprint density at radius 1 is 0.923 bits per heavy atom. The number of hydrogen-bond donors (Lipinski definition) is 1. The Kier molecular flexibility index (Phi) is 4.36. The number of amides is 1. The third-order valence-electron chi connectivity index (χ3n) is 4.00. The van der Waals surface area contributed by atoms with Crippen LogP contribution in [0, 0.1) is 0 Å². The van der Waals surface area contributed by atoms with Crippen molar-refractivity contribution in [1.29, 1.82) is 0 Å². The number of phenolic OH excluding ortho intramolecular Hbond substituents is 1. The van der Waals surface area contributed by atoms with Crippen molar-refractivity contribution in [3.8, 4) is 11.4 Å². The molecule has 0 atom stereocenters. The zero-order chi connectivity index (χ0) is 18.1. The summed E-state index contributed by atoms with van der Waals surface area (Å²) in [7, 11) is 0. The first-order chi connectivity index (χ1) is 12.6. The molecule has 3 aromatic rings. The average Bonchev–Trinajstić information content (AvgIpc) is 3.21. The fourth-order valence-electron chi connectivity index (χ4n) is 2.76. The highest BCUT2D eigenvalue weighted by atomic mass is 32.2. The Balaban J connectivity index is 1.68. The lowest BCUT2D eigenvalue weighted by Gasteiger charge is -2.13. The van der Waals surface area contributed by atoms with E-state index >= 15 is 0 Å². The van der Waals surface area contributed by atoms with Gasteiger partial charge in [-0.05, 0) is 54.6 Å². The summed E-state index contributed by atoms with van der Waals surface area (Å²) >= 11 is 6.70. The van der Waals surface area contributed by atoms with Gasteiger partial charge < -0.3 is 9.67 Å². The van der Waals surface area contributed by atoms with Crippen molar-refractivity contribution in [2.75, 3.05) is 4.90 Å². The van der Waals surface area contributed by atoms with Gasteiger partial charge in [0.25, 0.3) is 5.91 Å². The molecule has 0 bridgehead atoms. The third kappa shape index (κ3) is 3.05. The summed E-state index contributed by atoms with van der Waals surface area (Å²) in [5.74, 6) is 0.0934. The fraction of sp³-hybridized carbons (Fsp3) is 0. The van der Waals surface area contributed by atoms with Crippen molar-refractivity contribution < 1.29 is 9.90 Å². The van der Waals surface area contributed by atoms with E-state index in [9.17, 15) is 9.90 Å². The summed E-state index contributed by atoms with van der Waals surface area (Å²) in [5.41, 5.74) is 2.54. The summed E-state index contributed by atoms with van der Waals surface area (Å²) in [5, 5.41) is 9.47. The molecule has 1 saturated heterocycles. The van der Waals surface area contributed by atoms with E-state index in [0.717, 1.165) is 17.1 Å². The summed E-state index contributed by atoms with van der Waals surface area (Å²) in [6.45, 7) is 0. The molecule has 0 radical (unpaired) electrons. The first-order valence-corrected chi connectivity index (χ1v) is 9.16. The second-order valence-electron chi connectivity index (χ2n) is 5.67. The van der Waals surface area contributed by atoms with Gasteiger partial charge >= 0.3 is 0 Å². The quantitative estimate of drug-likeness (QED) is 0.535. The Hall–Kier alpha value is -2.83. The number of rotatable bonds is 3. The summed E-state index contributed by atoms with van der Waals surface area (Å²) in [6.07, 6.45) is 3.76. The minimum absolute atomic E-state index is 0.121. The van der Waals surface area contributed by atoms with E-state index in [1.54, 1.807) is 17.0 Å². The maximum atomic E-state index is 12.8. The van der Waals surface area contributed by atoms with Crippen LogP contribution in [0.3, 0.4) is 0 Å². The first kappa shape index (κ1) is 16.6. The van der Waals surface area contributed by atoms with Crippen LogP contribution in [-0.2, 0) is 4.79 Å². The van der Waals surface area contributed by atoms with E-state index in [-0.39, 0.29) is 11.7 Å². The maximum absolute atomic E-state index is 12.8. The molecule has 1 aliphatic rings. The van der Waals surface area contributed by atoms with Gasteiger partial charge in [-0.1, -0.05) is 42.2 Å². The number of para-hydroxylation sites is 1. The van der Waals surface area contributed by atoms with Crippen molar-refractivity contribution in [2.24, 2.45) is 0 Å². The van der Waals surface area contributed by atoms with Crippen molar-refractivity contribution in [3.63, 3.8) is 0 Å².